The van der Waals surface area contributed by atoms with Gasteiger partial charge in [0.2, 0.25) is 0 Å². The number of hydrogen-bond donors (Lipinski definition) is 1. The molecule has 0 aliphatic carbocycles. The molecule has 1 N–H and O–H groups in total. The second-order valence-electron chi connectivity index (χ2n) is 5.38. The number of hydrogen-bond acceptors (Lipinski definition) is 4. The van der Waals surface area contributed by atoms with Crippen molar-refractivity contribution in [2.24, 2.45) is 0 Å². The van der Waals surface area contributed by atoms with Gasteiger partial charge in [-0.05, 0) is 17.5 Å². The Balaban J connectivity index is 1.82. The molecule has 2 heterocycles. The van der Waals surface area contributed by atoms with Crippen molar-refractivity contribution >= 4 is 10.2 Å². The van der Waals surface area contributed by atoms with Crippen molar-refractivity contribution in [1.29, 1.82) is 0 Å². The summed E-state index contributed by atoms with van der Waals surface area (Å²) in [6, 6.07) is 7.44. The summed E-state index contributed by atoms with van der Waals surface area (Å²) in [6.07, 6.45) is 0.726. The van der Waals surface area contributed by atoms with Crippen molar-refractivity contribution in [1.82, 2.24) is 8.61 Å². The van der Waals surface area contributed by atoms with E-state index in [2.05, 4.69) is 0 Å². The van der Waals surface area contributed by atoms with Gasteiger partial charge >= 0.3 is 0 Å². The topological polar surface area (TPSA) is 70.1 Å². The minimum absolute atomic E-state index is 0.219. The number of ether oxygens (including phenoxy) is 1. The van der Waals surface area contributed by atoms with Crippen LogP contribution in [-0.2, 0) is 27.9 Å². The summed E-state index contributed by atoms with van der Waals surface area (Å²) in [5.74, 6) is 0. The summed E-state index contributed by atoms with van der Waals surface area (Å²) in [7, 11) is -3.56. The minimum atomic E-state index is -3.56. The van der Waals surface area contributed by atoms with E-state index in [0.29, 0.717) is 26.2 Å². The molecule has 1 saturated heterocycles. The standard InChI is InChI=1S/C14H20N2O4S/c17-10-14-11-20-8-7-16(14)21(18,19)15-6-5-12-3-1-2-4-13(12)9-15/h1-4,14,17H,5-11H2. The van der Waals surface area contributed by atoms with Crippen LogP contribution in [0, 0.1) is 0 Å². The Morgan fingerprint density at radius 3 is 2.76 bits per heavy atom. The molecular weight excluding hydrogens is 292 g/mol. The predicted octanol–water partition coefficient (Wildman–Crippen LogP) is -0.0174. The Morgan fingerprint density at radius 1 is 1.24 bits per heavy atom. The molecule has 2 aliphatic heterocycles. The van der Waals surface area contributed by atoms with Crippen LogP contribution >= 0.6 is 0 Å². The minimum Gasteiger partial charge on any atom is -0.395 e. The van der Waals surface area contributed by atoms with Crippen molar-refractivity contribution in [3.63, 3.8) is 0 Å². The first kappa shape index (κ1) is 14.9. The number of morpholine rings is 1. The molecule has 2 aliphatic rings. The van der Waals surface area contributed by atoms with Crippen molar-refractivity contribution in [2.45, 2.75) is 19.0 Å². The number of aliphatic hydroxyl groups excluding tert-OH is 1. The number of benzene rings is 1. The van der Waals surface area contributed by atoms with E-state index in [9.17, 15) is 13.5 Å². The van der Waals surface area contributed by atoms with Gasteiger partial charge in [-0.15, -0.1) is 0 Å². The highest BCUT2D eigenvalue weighted by Gasteiger charge is 2.37. The third-order valence-corrected chi connectivity index (χ3v) is 6.14. The van der Waals surface area contributed by atoms with E-state index in [0.717, 1.165) is 12.0 Å². The van der Waals surface area contributed by atoms with E-state index in [-0.39, 0.29) is 13.2 Å². The molecule has 21 heavy (non-hydrogen) atoms. The van der Waals surface area contributed by atoms with E-state index in [1.54, 1.807) is 0 Å². The van der Waals surface area contributed by atoms with Gasteiger partial charge in [0.05, 0.1) is 25.9 Å². The van der Waals surface area contributed by atoms with Crippen LogP contribution in [0.5, 0.6) is 0 Å². The lowest BCUT2D eigenvalue weighted by Crippen LogP contribution is -2.55. The van der Waals surface area contributed by atoms with Gasteiger partial charge in [0, 0.05) is 19.6 Å². The predicted molar refractivity (Wildman–Crippen MR) is 77.9 cm³/mol. The zero-order valence-corrected chi connectivity index (χ0v) is 12.6. The molecule has 6 nitrogen and oxygen atoms in total. The highest BCUT2D eigenvalue weighted by atomic mass is 32.2. The zero-order chi connectivity index (χ0) is 14.9. The van der Waals surface area contributed by atoms with E-state index in [4.69, 9.17) is 4.74 Å². The van der Waals surface area contributed by atoms with Gasteiger partial charge in [-0.2, -0.15) is 17.0 Å². The fraction of sp³-hybridized carbons (Fsp3) is 0.571. The van der Waals surface area contributed by atoms with E-state index in [1.165, 1.54) is 14.2 Å². The summed E-state index contributed by atoms with van der Waals surface area (Å²) < 4.78 is 33.7. The lowest BCUT2D eigenvalue weighted by atomic mass is 10.0. The molecule has 0 spiro atoms. The van der Waals surface area contributed by atoms with Gasteiger partial charge in [0.1, 0.15) is 0 Å². The first-order valence-corrected chi connectivity index (χ1v) is 8.55. The molecular formula is C14H20N2O4S. The first-order chi connectivity index (χ1) is 10.1. The molecule has 0 saturated carbocycles. The largest absolute Gasteiger partial charge is 0.395 e. The molecule has 0 amide bonds. The highest BCUT2D eigenvalue weighted by molar-refractivity contribution is 7.86. The fourth-order valence-corrected chi connectivity index (χ4v) is 4.63. The normalized spacial score (nSPS) is 24.7. The van der Waals surface area contributed by atoms with Crippen molar-refractivity contribution in [3.05, 3.63) is 35.4 Å². The van der Waals surface area contributed by atoms with E-state index in [1.807, 2.05) is 24.3 Å². The molecule has 1 fully saturated rings. The summed E-state index contributed by atoms with van der Waals surface area (Å²) in [5.41, 5.74) is 2.27. The maximum Gasteiger partial charge on any atom is 0.282 e. The van der Waals surface area contributed by atoms with E-state index < -0.39 is 16.3 Å². The molecule has 0 bridgehead atoms. The molecule has 1 unspecified atom stereocenters. The highest BCUT2D eigenvalue weighted by Crippen LogP contribution is 2.24. The second-order valence-corrected chi connectivity index (χ2v) is 7.26. The van der Waals surface area contributed by atoms with Crippen LogP contribution in [0.2, 0.25) is 0 Å². The molecule has 116 valence electrons. The summed E-state index contributed by atoms with van der Waals surface area (Å²) in [6.45, 7) is 1.58. The number of aliphatic hydroxyl groups is 1. The quantitative estimate of drug-likeness (QED) is 0.852. The molecule has 1 aromatic carbocycles. The van der Waals surface area contributed by atoms with Crippen LogP contribution in [0.1, 0.15) is 11.1 Å². The average Bonchev–Trinajstić information content (AvgIpc) is 2.54. The molecule has 0 aromatic heterocycles. The maximum absolute atomic E-state index is 12.8. The van der Waals surface area contributed by atoms with Crippen LogP contribution in [0.4, 0.5) is 0 Å². The molecule has 1 atom stereocenters. The zero-order valence-electron chi connectivity index (χ0n) is 11.8. The van der Waals surface area contributed by atoms with Gasteiger partial charge in [-0.1, -0.05) is 24.3 Å². The lowest BCUT2D eigenvalue weighted by molar-refractivity contribution is 0.00804. The van der Waals surface area contributed by atoms with Crippen LogP contribution < -0.4 is 0 Å². The summed E-state index contributed by atoms with van der Waals surface area (Å²) in [5, 5.41) is 9.38. The Bertz CT molecular complexity index is 605. The second kappa shape index (κ2) is 6.02. The Labute approximate surface area is 125 Å². The van der Waals surface area contributed by atoms with Crippen molar-refractivity contribution in [2.75, 3.05) is 32.9 Å². The third kappa shape index (κ3) is 2.84. The van der Waals surface area contributed by atoms with Gasteiger partial charge < -0.3 is 9.84 Å². The van der Waals surface area contributed by atoms with Gasteiger partial charge in [0.25, 0.3) is 10.2 Å². The smallest absolute Gasteiger partial charge is 0.282 e. The van der Waals surface area contributed by atoms with Crippen LogP contribution in [-0.4, -0.2) is 61.1 Å². The van der Waals surface area contributed by atoms with Gasteiger partial charge in [-0.3, -0.25) is 0 Å². The first-order valence-electron chi connectivity index (χ1n) is 7.15. The van der Waals surface area contributed by atoms with Crippen LogP contribution in [0.15, 0.2) is 24.3 Å². The SMILES string of the molecule is O=S(=O)(N1CCc2ccccc2C1)N1CCOCC1CO. The number of fused-ring (bicyclic) bond motifs is 1. The van der Waals surface area contributed by atoms with Gasteiger partial charge in [-0.25, -0.2) is 0 Å². The van der Waals surface area contributed by atoms with Crippen molar-refractivity contribution in [3.8, 4) is 0 Å². The molecule has 0 radical (unpaired) electrons. The van der Waals surface area contributed by atoms with Gasteiger partial charge in [0.15, 0.2) is 0 Å². The lowest BCUT2D eigenvalue weighted by Gasteiger charge is -2.38. The molecule has 3 rings (SSSR count). The number of rotatable bonds is 3. The Morgan fingerprint density at radius 2 is 2.00 bits per heavy atom. The monoisotopic (exact) mass is 312 g/mol. The summed E-state index contributed by atoms with van der Waals surface area (Å²) in [4.78, 5) is 0. The Hall–Kier alpha value is -0.990. The number of nitrogens with zero attached hydrogens (tertiary/aromatic N) is 2. The van der Waals surface area contributed by atoms with Crippen molar-refractivity contribution < 1.29 is 18.3 Å². The average molecular weight is 312 g/mol. The van der Waals surface area contributed by atoms with E-state index >= 15 is 0 Å². The third-order valence-electron chi connectivity index (χ3n) is 4.10. The molecule has 7 heteroatoms. The Kier molecular flexibility index (Phi) is 4.28. The van der Waals surface area contributed by atoms with Crippen LogP contribution in [0.3, 0.4) is 0 Å². The van der Waals surface area contributed by atoms with Crippen LogP contribution in [0.25, 0.3) is 0 Å². The maximum atomic E-state index is 12.8. The summed E-state index contributed by atoms with van der Waals surface area (Å²) >= 11 is 0. The fourth-order valence-electron chi connectivity index (χ4n) is 2.90. The molecule has 1 aromatic rings.